The Morgan fingerprint density at radius 3 is 1.50 bits per heavy atom. The van der Waals surface area contributed by atoms with Gasteiger partial charge < -0.3 is 9.32 Å². The Hall–Kier alpha value is -7.23. The van der Waals surface area contributed by atoms with Crippen molar-refractivity contribution < 1.29 is 4.42 Å². The number of nitrogens with zero attached hydrogens (tertiary/aromatic N) is 2. The Kier molecular flexibility index (Phi) is 7.81. The van der Waals surface area contributed by atoms with Crippen molar-refractivity contribution in [3.05, 3.63) is 206 Å². The SMILES string of the molecule is c1ccc(-c2ccc(-c3cc4ccc(N(c5ccccc5)c5ccc(-c6ccccc6)cc5)cc4c4c3ccc3oc(-c5ccccc5)nc34)cc2)cc1. The summed E-state index contributed by atoms with van der Waals surface area (Å²) in [6.45, 7) is 0. The van der Waals surface area contributed by atoms with Crippen LogP contribution >= 0.6 is 0 Å². The summed E-state index contributed by atoms with van der Waals surface area (Å²) in [6, 6.07) is 72.9. The first-order valence-corrected chi connectivity index (χ1v) is 18.3. The minimum atomic E-state index is 0.615. The molecule has 0 aliphatic heterocycles. The molecule has 0 aliphatic rings. The predicted octanol–water partition coefficient (Wildman–Crippen LogP) is 14.3. The summed E-state index contributed by atoms with van der Waals surface area (Å²) in [5.74, 6) is 0.615. The number of fused-ring (bicyclic) bond motifs is 5. The first kappa shape index (κ1) is 31.5. The molecule has 254 valence electrons. The van der Waals surface area contributed by atoms with Crippen molar-refractivity contribution >= 4 is 49.7 Å². The molecule has 54 heavy (non-hydrogen) atoms. The van der Waals surface area contributed by atoms with Crippen molar-refractivity contribution in [3.63, 3.8) is 0 Å². The van der Waals surface area contributed by atoms with Gasteiger partial charge in [-0.25, -0.2) is 4.98 Å². The average molecular weight is 691 g/mol. The zero-order chi connectivity index (χ0) is 35.8. The van der Waals surface area contributed by atoms with Crippen molar-refractivity contribution in [2.45, 2.75) is 0 Å². The summed E-state index contributed by atoms with van der Waals surface area (Å²) in [4.78, 5) is 7.53. The van der Waals surface area contributed by atoms with E-state index in [-0.39, 0.29) is 0 Å². The quantitative estimate of drug-likeness (QED) is 0.156. The first-order valence-electron chi connectivity index (χ1n) is 18.3. The standard InChI is InChI=1S/C51H34N2O/c1-5-13-35(14-6-1)37-21-23-39(24-22-37)46-33-41-27-30-44(34-47(41)49-45(46)31-32-48-50(49)52-51(54-48)40-17-9-3-10-18-40)53(42-19-11-4-12-20-42)43-28-25-38(26-29-43)36-15-7-2-8-16-36/h1-34H. The number of benzene rings is 9. The number of aromatic nitrogens is 1. The van der Waals surface area contributed by atoms with E-state index in [1.54, 1.807) is 0 Å². The van der Waals surface area contributed by atoms with Crippen LogP contribution in [0.25, 0.3) is 77.5 Å². The number of rotatable bonds is 7. The van der Waals surface area contributed by atoms with E-state index in [1.807, 2.05) is 30.3 Å². The molecule has 1 aromatic heterocycles. The van der Waals surface area contributed by atoms with Crippen LogP contribution < -0.4 is 4.90 Å². The Bertz CT molecular complexity index is 2880. The molecule has 0 amide bonds. The lowest BCUT2D eigenvalue weighted by Gasteiger charge is -2.26. The van der Waals surface area contributed by atoms with Crippen LogP contribution in [0.1, 0.15) is 0 Å². The second-order valence-electron chi connectivity index (χ2n) is 13.6. The summed E-state index contributed by atoms with van der Waals surface area (Å²) in [7, 11) is 0. The molecule has 0 N–H and O–H groups in total. The molecule has 0 saturated heterocycles. The molecule has 3 heteroatoms. The number of para-hydroxylation sites is 1. The Balaban J connectivity index is 1.18. The normalized spacial score (nSPS) is 11.3. The maximum atomic E-state index is 6.46. The van der Waals surface area contributed by atoms with E-state index in [4.69, 9.17) is 9.40 Å². The highest BCUT2D eigenvalue weighted by molar-refractivity contribution is 6.23. The van der Waals surface area contributed by atoms with Crippen LogP contribution in [0.2, 0.25) is 0 Å². The highest BCUT2D eigenvalue weighted by atomic mass is 16.3. The zero-order valence-corrected chi connectivity index (χ0v) is 29.4. The van der Waals surface area contributed by atoms with E-state index in [0.29, 0.717) is 5.89 Å². The minimum absolute atomic E-state index is 0.615. The Morgan fingerprint density at radius 1 is 0.370 bits per heavy atom. The lowest BCUT2D eigenvalue weighted by molar-refractivity contribution is 0.620. The molecule has 0 fully saturated rings. The third kappa shape index (κ3) is 5.69. The molecule has 0 aliphatic carbocycles. The van der Waals surface area contributed by atoms with Gasteiger partial charge in [-0.3, -0.25) is 0 Å². The van der Waals surface area contributed by atoms with E-state index in [2.05, 4.69) is 181 Å². The molecule has 3 nitrogen and oxygen atoms in total. The average Bonchev–Trinajstić information content (AvgIpc) is 3.70. The van der Waals surface area contributed by atoms with Crippen molar-refractivity contribution in [2.24, 2.45) is 0 Å². The van der Waals surface area contributed by atoms with E-state index in [1.165, 1.54) is 22.3 Å². The molecule has 0 spiro atoms. The third-order valence-electron chi connectivity index (χ3n) is 10.3. The van der Waals surface area contributed by atoms with Crippen molar-refractivity contribution in [3.8, 4) is 44.8 Å². The monoisotopic (exact) mass is 690 g/mol. The molecule has 9 aromatic carbocycles. The van der Waals surface area contributed by atoms with Crippen LogP contribution in [-0.2, 0) is 0 Å². The topological polar surface area (TPSA) is 29.3 Å². The van der Waals surface area contributed by atoms with Gasteiger partial charge in [0.15, 0.2) is 5.58 Å². The lowest BCUT2D eigenvalue weighted by atomic mass is 9.91. The van der Waals surface area contributed by atoms with Crippen molar-refractivity contribution in [1.82, 2.24) is 4.98 Å². The Morgan fingerprint density at radius 2 is 0.870 bits per heavy atom. The fourth-order valence-electron chi connectivity index (χ4n) is 7.62. The zero-order valence-electron chi connectivity index (χ0n) is 29.4. The highest BCUT2D eigenvalue weighted by Gasteiger charge is 2.19. The van der Waals surface area contributed by atoms with Gasteiger partial charge in [-0.05, 0) is 116 Å². The first-order chi connectivity index (χ1) is 26.8. The molecule has 0 unspecified atom stereocenters. The molecule has 0 bridgehead atoms. The fraction of sp³-hybridized carbons (Fsp3) is 0. The van der Waals surface area contributed by atoms with E-state index >= 15 is 0 Å². The lowest BCUT2D eigenvalue weighted by Crippen LogP contribution is -2.09. The van der Waals surface area contributed by atoms with Gasteiger partial charge in [0.2, 0.25) is 5.89 Å². The second kappa shape index (κ2) is 13.4. The molecule has 0 atom stereocenters. The van der Waals surface area contributed by atoms with Gasteiger partial charge >= 0.3 is 0 Å². The summed E-state index contributed by atoms with van der Waals surface area (Å²) in [5.41, 5.74) is 12.9. The number of anilines is 3. The van der Waals surface area contributed by atoms with E-state index < -0.39 is 0 Å². The van der Waals surface area contributed by atoms with Gasteiger partial charge in [0, 0.05) is 28.0 Å². The summed E-state index contributed by atoms with van der Waals surface area (Å²) in [6.07, 6.45) is 0. The molecular weight excluding hydrogens is 657 g/mol. The summed E-state index contributed by atoms with van der Waals surface area (Å²) in [5, 5.41) is 4.46. The van der Waals surface area contributed by atoms with Gasteiger partial charge in [-0.1, -0.05) is 140 Å². The maximum absolute atomic E-state index is 6.46. The van der Waals surface area contributed by atoms with Gasteiger partial charge in [0.25, 0.3) is 0 Å². The van der Waals surface area contributed by atoms with Gasteiger partial charge in [-0.2, -0.15) is 0 Å². The van der Waals surface area contributed by atoms with Crippen LogP contribution in [0, 0.1) is 0 Å². The molecule has 0 radical (unpaired) electrons. The number of oxazole rings is 1. The number of hydrogen-bond acceptors (Lipinski definition) is 3. The van der Waals surface area contributed by atoms with Gasteiger partial charge in [0.05, 0.1) is 0 Å². The van der Waals surface area contributed by atoms with E-state index in [0.717, 1.165) is 66.4 Å². The van der Waals surface area contributed by atoms with Crippen LogP contribution in [0.15, 0.2) is 211 Å². The molecule has 10 rings (SSSR count). The third-order valence-corrected chi connectivity index (χ3v) is 10.3. The smallest absolute Gasteiger partial charge is 0.227 e. The van der Waals surface area contributed by atoms with Crippen LogP contribution in [0.5, 0.6) is 0 Å². The molecular formula is C51H34N2O. The Labute approximate surface area is 314 Å². The van der Waals surface area contributed by atoms with Crippen molar-refractivity contribution in [2.75, 3.05) is 4.90 Å². The van der Waals surface area contributed by atoms with Crippen molar-refractivity contribution in [1.29, 1.82) is 0 Å². The molecule has 1 heterocycles. The van der Waals surface area contributed by atoms with E-state index in [9.17, 15) is 0 Å². The predicted molar refractivity (Wildman–Crippen MR) is 225 cm³/mol. The second-order valence-corrected chi connectivity index (χ2v) is 13.6. The number of hydrogen-bond donors (Lipinski definition) is 0. The van der Waals surface area contributed by atoms with Gasteiger partial charge in [-0.15, -0.1) is 0 Å². The highest BCUT2D eigenvalue weighted by Crippen LogP contribution is 2.43. The maximum Gasteiger partial charge on any atom is 0.227 e. The fourth-order valence-corrected chi connectivity index (χ4v) is 7.62. The van der Waals surface area contributed by atoms with Crippen LogP contribution in [0.4, 0.5) is 17.1 Å². The molecule has 0 saturated carbocycles. The largest absolute Gasteiger partial charge is 0.436 e. The van der Waals surface area contributed by atoms with Gasteiger partial charge in [0.1, 0.15) is 5.52 Å². The molecule has 10 aromatic rings. The summed E-state index contributed by atoms with van der Waals surface area (Å²) < 4.78 is 6.46. The summed E-state index contributed by atoms with van der Waals surface area (Å²) >= 11 is 0. The minimum Gasteiger partial charge on any atom is -0.436 e. The van der Waals surface area contributed by atoms with Crippen LogP contribution in [-0.4, -0.2) is 4.98 Å². The van der Waals surface area contributed by atoms with Crippen LogP contribution in [0.3, 0.4) is 0 Å².